The third-order valence-electron chi connectivity index (χ3n) is 3.87. The van der Waals surface area contributed by atoms with Crippen molar-refractivity contribution >= 4 is 28.5 Å². The highest BCUT2D eigenvalue weighted by molar-refractivity contribution is 7.14. The smallest absolute Gasteiger partial charge is 0.250 e. The first-order valence-electron chi connectivity index (χ1n) is 9.19. The number of carbonyl (C=O) groups is 1. The second-order valence-electron chi connectivity index (χ2n) is 5.94. The van der Waals surface area contributed by atoms with Gasteiger partial charge in [0.05, 0.1) is 18.9 Å². The lowest BCUT2D eigenvalue weighted by molar-refractivity contribution is -0.111. The van der Waals surface area contributed by atoms with E-state index in [1.54, 1.807) is 18.2 Å². The number of nitrogens with zero attached hydrogens (tertiary/aromatic N) is 1. The Morgan fingerprint density at radius 2 is 1.83 bits per heavy atom. The third-order valence-corrected chi connectivity index (χ3v) is 4.63. The van der Waals surface area contributed by atoms with E-state index in [9.17, 15) is 9.18 Å². The molecule has 0 unspecified atom stereocenters. The summed E-state index contributed by atoms with van der Waals surface area (Å²) in [6, 6.07) is 11.6. The highest BCUT2D eigenvalue weighted by atomic mass is 32.1. The van der Waals surface area contributed by atoms with Gasteiger partial charge in [0.1, 0.15) is 5.82 Å². The number of carbonyl (C=O) groups excluding carboxylic acids is 1. The van der Waals surface area contributed by atoms with Crippen LogP contribution in [-0.4, -0.2) is 24.1 Å². The first kappa shape index (κ1) is 20.5. The normalized spacial score (nSPS) is 10.9. The van der Waals surface area contributed by atoms with Gasteiger partial charge < -0.3 is 9.47 Å². The summed E-state index contributed by atoms with van der Waals surface area (Å²) >= 11 is 1.31. The van der Waals surface area contributed by atoms with Crippen molar-refractivity contribution in [2.24, 2.45) is 0 Å². The highest BCUT2D eigenvalue weighted by Gasteiger charge is 2.08. The average molecular weight is 412 g/mol. The fourth-order valence-electron chi connectivity index (χ4n) is 2.57. The highest BCUT2D eigenvalue weighted by Crippen LogP contribution is 2.29. The van der Waals surface area contributed by atoms with Crippen molar-refractivity contribution in [3.05, 3.63) is 65.3 Å². The summed E-state index contributed by atoms with van der Waals surface area (Å²) < 4.78 is 24.2. The zero-order valence-corrected chi connectivity index (χ0v) is 17.0. The second-order valence-corrected chi connectivity index (χ2v) is 6.80. The molecule has 1 N–H and O–H groups in total. The van der Waals surface area contributed by atoms with Crippen molar-refractivity contribution in [3.63, 3.8) is 0 Å². The summed E-state index contributed by atoms with van der Waals surface area (Å²) in [5.74, 6) is 0.717. The van der Waals surface area contributed by atoms with Gasteiger partial charge in [-0.1, -0.05) is 6.07 Å². The number of aromatic nitrogens is 1. The molecular formula is C22H21FN2O3S. The van der Waals surface area contributed by atoms with Gasteiger partial charge in [-0.15, -0.1) is 11.3 Å². The summed E-state index contributed by atoms with van der Waals surface area (Å²) in [6.45, 7) is 4.88. The van der Waals surface area contributed by atoms with E-state index in [-0.39, 0.29) is 11.7 Å². The largest absolute Gasteiger partial charge is 0.490 e. The van der Waals surface area contributed by atoms with Gasteiger partial charge in [0, 0.05) is 17.0 Å². The molecule has 0 aliphatic rings. The third kappa shape index (κ3) is 5.65. The predicted octanol–water partition coefficient (Wildman–Crippen LogP) is 5.40. The molecule has 1 heterocycles. The quantitative estimate of drug-likeness (QED) is 0.503. The van der Waals surface area contributed by atoms with Gasteiger partial charge in [0.2, 0.25) is 5.91 Å². The molecule has 150 valence electrons. The van der Waals surface area contributed by atoms with Gasteiger partial charge in [-0.2, -0.15) is 0 Å². The number of rotatable bonds is 8. The van der Waals surface area contributed by atoms with Crippen molar-refractivity contribution in [1.29, 1.82) is 0 Å². The minimum atomic E-state index is -0.301. The van der Waals surface area contributed by atoms with Crippen molar-refractivity contribution in [2.45, 2.75) is 13.8 Å². The van der Waals surface area contributed by atoms with E-state index in [1.807, 2.05) is 37.4 Å². The Balaban J connectivity index is 1.65. The van der Waals surface area contributed by atoms with E-state index in [4.69, 9.17) is 9.47 Å². The number of hydrogen-bond donors (Lipinski definition) is 1. The number of benzene rings is 2. The summed E-state index contributed by atoms with van der Waals surface area (Å²) in [6.07, 6.45) is 3.13. The molecule has 5 nitrogen and oxygen atoms in total. The van der Waals surface area contributed by atoms with E-state index in [0.717, 1.165) is 11.1 Å². The topological polar surface area (TPSA) is 60.5 Å². The molecule has 1 amide bonds. The Bertz CT molecular complexity index is 1000. The summed E-state index contributed by atoms with van der Waals surface area (Å²) in [4.78, 5) is 16.6. The molecule has 0 atom stereocenters. The SMILES string of the molecule is CCOc1ccc(/C=C/C(=O)Nc2nc(-c3ccc(F)cc3)cs2)cc1OCC. The Morgan fingerprint density at radius 1 is 1.10 bits per heavy atom. The van der Waals surface area contributed by atoms with Crippen LogP contribution < -0.4 is 14.8 Å². The average Bonchev–Trinajstić information content (AvgIpc) is 3.17. The number of thiazole rings is 1. The predicted molar refractivity (Wildman–Crippen MR) is 114 cm³/mol. The van der Waals surface area contributed by atoms with E-state index in [0.29, 0.717) is 35.5 Å². The lowest BCUT2D eigenvalue weighted by Crippen LogP contribution is -2.07. The van der Waals surface area contributed by atoms with Crippen LogP contribution in [0.25, 0.3) is 17.3 Å². The molecule has 0 aliphatic carbocycles. The number of ether oxygens (including phenoxy) is 2. The lowest BCUT2D eigenvalue weighted by Gasteiger charge is -2.11. The zero-order chi connectivity index (χ0) is 20.6. The molecule has 2 aromatic carbocycles. The fraction of sp³-hybridized carbons (Fsp3) is 0.182. The minimum absolute atomic E-state index is 0.295. The molecule has 29 heavy (non-hydrogen) atoms. The van der Waals surface area contributed by atoms with Crippen LogP contribution in [-0.2, 0) is 4.79 Å². The van der Waals surface area contributed by atoms with Crippen LogP contribution in [0.5, 0.6) is 11.5 Å². The first-order chi connectivity index (χ1) is 14.1. The molecule has 0 aliphatic heterocycles. The Morgan fingerprint density at radius 3 is 2.55 bits per heavy atom. The molecular weight excluding hydrogens is 391 g/mol. The number of hydrogen-bond acceptors (Lipinski definition) is 5. The van der Waals surface area contributed by atoms with Crippen LogP contribution in [0, 0.1) is 5.82 Å². The number of amides is 1. The molecule has 0 spiro atoms. The fourth-order valence-corrected chi connectivity index (χ4v) is 3.30. The van der Waals surface area contributed by atoms with Crippen molar-refractivity contribution in [1.82, 2.24) is 4.98 Å². The van der Waals surface area contributed by atoms with Gasteiger partial charge in [0.25, 0.3) is 0 Å². The van der Waals surface area contributed by atoms with Crippen molar-refractivity contribution in [3.8, 4) is 22.8 Å². The maximum Gasteiger partial charge on any atom is 0.250 e. The molecule has 1 aromatic heterocycles. The number of nitrogens with one attached hydrogen (secondary N) is 1. The van der Waals surface area contributed by atoms with Crippen LogP contribution in [0.4, 0.5) is 9.52 Å². The summed E-state index contributed by atoms with van der Waals surface area (Å²) in [5, 5.41) is 5.02. The summed E-state index contributed by atoms with van der Waals surface area (Å²) in [7, 11) is 0. The molecule has 0 bridgehead atoms. The second kappa shape index (κ2) is 9.84. The monoisotopic (exact) mass is 412 g/mol. The van der Waals surface area contributed by atoms with Crippen LogP contribution in [0.3, 0.4) is 0 Å². The van der Waals surface area contributed by atoms with Crippen LogP contribution in [0.2, 0.25) is 0 Å². The molecule has 3 aromatic rings. The van der Waals surface area contributed by atoms with Gasteiger partial charge in [0.15, 0.2) is 16.6 Å². The standard InChI is InChI=1S/C22H21FN2O3S/c1-3-27-19-11-5-15(13-20(19)28-4-2)6-12-21(26)25-22-24-18(14-29-22)16-7-9-17(23)10-8-16/h5-14H,3-4H2,1-2H3,(H,24,25,26)/b12-6+. The maximum absolute atomic E-state index is 13.0. The lowest BCUT2D eigenvalue weighted by atomic mass is 10.2. The van der Waals surface area contributed by atoms with Crippen LogP contribution in [0.15, 0.2) is 53.9 Å². The zero-order valence-electron chi connectivity index (χ0n) is 16.1. The minimum Gasteiger partial charge on any atom is -0.490 e. The van der Waals surface area contributed by atoms with E-state index >= 15 is 0 Å². The van der Waals surface area contributed by atoms with Crippen LogP contribution in [0.1, 0.15) is 19.4 Å². The van der Waals surface area contributed by atoms with Gasteiger partial charge in [-0.05, 0) is 61.9 Å². The molecule has 0 fully saturated rings. The van der Waals surface area contributed by atoms with Gasteiger partial charge in [-0.25, -0.2) is 9.37 Å². The summed E-state index contributed by atoms with van der Waals surface area (Å²) in [5.41, 5.74) is 2.29. The molecule has 0 radical (unpaired) electrons. The Kier molecular flexibility index (Phi) is 6.97. The van der Waals surface area contributed by atoms with E-state index in [2.05, 4.69) is 10.3 Å². The molecule has 0 saturated carbocycles. The molecule has 7 heteroatoms. The number of halogens is 1. The van der Waals surface area contributed by atoms with Gasteiger partial charge >= 0.3 is 0 Å². The first-order valence-corrected chi connectivity index (χ1v) is 10.1. The van der Waals surface area contributed by atoms with E-state index in [1.165, 1.54) is 29.5 Å². The van der Waals surface area contributed by atoms with Crippen molar-refractivity contribution < 1.29 is 18.7 Å². The molecule has 0 saturated heterocycles. The van der Waals surface area contributed by atoms with Crippen LogP contribution >= 0.6 is 11.3 Å². The van der Waals surface area contributed by atoms with Gasteiger partial charge in [-0.3, -0.25) is 10.1 Å². The van der Waals surface area contributed by atoms with Crippen molar-refractivity contribution in [2.75, 3.05) is 18.5 Å². The van der Waals surface area contributed by atoms with E-state index < -0.39 is 0 Å². The number of anilines is 1. The molecule has 3 rings (SSSR count). The Labute approximate surface area is 172 Å². The Hall–Kier alpha value is -3.19. The maximum atomic E-state index is 13.0.